The summed E-state index contributed by atoms with van der Waals surface area (Å²) in [5.41, 5.74) is 0.403. The zero-order chi connectivity index (χ0) is 18.9. The summed E-state index contributed by atoms with van der Waals surface area (Å²) in [7, 11) is -2.55. The molecule has 0 heterocycles. The van der Waals surface area contributed by atoms with Crippen molar-refractivity contribution in [2.24, 2.45) is 0 Å². The summed E-state index contributed by atoms with van der Waals surface area (Å²) in [6, 6.07) is 7.67. The Labute approximate surface area is 155 Å². The summed E-state index contributed by atoms with van der Waals surface area (Å²) in [5.74, 6) is -1.05. The van der Waals surface area contributed by atoms with Gasteiger partial charge in [0.05, 0.1) is 12.1 Å². The maximum atomic E-state index is 14.0. The fraction of sp³-hybridized carbons (Fsp3) is 0.235. The Hall–Kier alpha value is -2.16. The lowest BCUT2D eigenvalue weighted by molar-refractivity contribution is 0.102. The largest absolute Gasteiger partial charge is 0.495 e. The number of methoxy groups -OCH3 is 1. The van der Waals surface area contributed by atoms with Crippen LogP contribution in [0.4, 0.5) is 10.1 Å². The van der Waals surface area contributed by atoms with Gasteiger partial charge in [-0.2, -0.15) is 0 Å². The fourth-order valence-electron chi connectivity index (χ4n) is 2.28. The van der Waals surface area contributed by atoms with Gasteiger partial charge in [-0.05, 0) is 49.2 Å². The Morgan fingerprint density at radius 2 is 1.96 bits per heavy atom. The van der Waals surface area contributed by atoms with Crippen molar-refractivity contribution in [2.45, 2.75) is 23.8 Å². The van der Waals surface area contributed by atoms with E-state index in [2.05, 4.69) is 10.0 Å². The molecule has 2 N–H and O–H groups in total. The van der Waals surface area contributed by atoms with Crippen molar-refractivity contribution in [2.75, 3.05) is 12.4 Å². The number of rotatable bonds is 6. The van der Waals surface area contributed by atoms with Gasteiger partial charge in [-0.25, -0.2) is 17.5 Å². The number of anilines is 1. The summed E-state index contributed by atoms with van der Waals surface area (Å²) in [6.07, 6.45) is 1.44. The first kappa shape index (κ1) is 18.6. The van der Waals surface area contributed by atoms with Crippen LogP contribution < -0.4 is 14.8 Å². The second-order valence-electron chi connectivity index (χ2n) is 5.84. The minimum Gasteiger partial charge on any atom is -0.495 e. The molecule has 3 rings (SSSR count). The van der Waals surface area contributed by atoms with Crippen LogP contribution >= 0.6 is 11.6 Å². The first-order valence-electron chi connectivity index (χ1n) is 7.77. The molecule has 1 amide bonds. The molecule has 0 spiro atoms. The molecule has 1 saturated carbocycles. The quantitative estimate of drug-likeness (QED) is 0.782. The summed E-state index contributed by atoms with van der Waals surface area (Å²) >= 11 is 6.01. The van der Waals surface area contributed by atoms with Crippen LogP contribution in [0.15, 0.2) is 41.3 Å². The summed E-state index contributed by atoms with van der Waals surface area (Å²) in [6.45, 7) is 0. The first-order valence-corrected chi connectivity index (χ1v) is 9.63. The van der Waals surface area contributed by atoms with Crippen molar-refractivity contribution in [3.8, 4) is 5.75 Å². The van der Waals surface area contributed by atoms with Gasteiger partial charge in [-0.15, -0.1) is 0 Å². The predicted molar refractivity (Wildman–Crippen MR) is 95.7 cm³/mol. The molecule has 1 aliphatic carbocycles. The monoisotopic (exact) mass is 398 g/mol. The second kappa shape index (κ2) is 7.22. The van der Waals surface area contributed by atoms with Crippen molar-refractivity contribution in [1.29, 1.82) is 0 Å². The zero-order valence-corrected chi connectivity index (χ0v) is 15.3. The Balaban J connectivity index is 1.83. The molecule has 0 unspecified atom stereocenters. The highest BCUT2D eigenvalue weighted by atomic mass is 35.5. The number of ether oxygens (including phenoxy) is 1. The number of carbonyl (C=O) groups excluding carboxylic acids is 1. The highest BCUT2D eigenvalue weighted by Crippen LogP contribution is 2.28. The van der Waals surface area contributed by atoms with Crippen molar-refractivity contribution < 1.29 is 22.3 Å². The Kier molecular flexibility index (Phi) is 5.17. The second-order valence-corrected chi connectivity index (χ2v) is 7.93. The first-order chi connectivity index (χ1) is 12.3. The van der Waals surface area contributed by atoms with Gasteiger partial charge in [0.15, 0.2) is 0 Å². The summed E-state index contributed by atoms with van der Waals surface area (Å²) < 4.78 is 45.9. The average molecular weight is 399 g/mol. The molecule has 2 aromatic rings. The highest BCUT2D eigenvalue weighted by Gasteiger charge is 2.30. The Morgan fingerprint density at radius 3 is 2.58 bits per heavy atom. The van der Waals surface area contributed by atoms with Crippen LogP contribution in [0, 0.1) is 5.82 Å². The van der Waals surface area contributed by atoms with Crippen molar-refractivity contribution in [1.82, 2.24) is 4.72 Å². The average Bonchev–Trinajstić information content (AvgIpc) is 3.38. The van der Waals surface area contributed by atoms with Crippen molar-refractivity contribution >= 4 is 33.2 Å². The third kappa shape index (κ3) is 4.14. The number of benzene rings is 2. The molecule has 138 valence electrons. The molecular formula is C17H16ClFN2O4S. The zero-order valence-electron chi connectivity index (χ0n) is 13.8. The summed E-state index contributed by atoms with van der Waals surface area (Å²) in [5, 5.41) is 2.89. The lowest BCUT2D eigenvalue weighted by Gasteiger charge is -2.10. The molecule has 1 fully saturated rings. The molecule has 0 atom stereocenters. The number of halogens is 2. The van der Waals surface area contributed by atoms with Crippen LogP contribution in [0.1, 0.15) is 23.2 Å². The predicted octanol–water partition coefficient (Wildman–Crippen LogP) is 3.18. The standard InChI is InChI=1S/C17H16ClFN2O4S/c1-25-15-7-5-12(9-13(15)18)20-17(22)10-2-6-14(19)16(8-10)26(23,24)21-11-3-4-11/h2,5-9,11,21H,3-4H2,1H3,(H,20,22). The molecule has 0 bridgehead atoms. The Bertz CT molecular complexity index is 961. The molecule has 9 heteroatoms. The van der Waals surface area contributed by atoms with E-state index in [0.29, 0.717) is 16.5 Å². The van der Waals surface area contributed by atoms with E-state index in [1.807, 2.05) is 0 Å². The smallest absolute Gasteiger partial charge is 0.255 e. The van der Waals surface area contributed by atoms with Crippen LogP contribution in [-0.2, 0) is 10.0 Å². The molecule has 0 radical (unpaired) electrons. The fourth-order valence-corrected chi connectivity index (χ4v) is 3.95. The van der Waals surface area contributed by atoms with E-state index in [9.17, 15) is 17.6 Å². The van der Waals surface area contributed by atoms with Crippen molar-refractivity contribution in [3.05, 3.63) is 52.8 Å². The number of amides is 1. The van der Waals surface area contributed by atoms with Crippen LogP contribution in [0.2, 0.25) is 5.02 Å². The van der Waals surface area contributed by atoms with Gasteiger partial charge in [0, 0.05) is 17.3 Å². The van der Waals surface area contributed by atoms with Gasteiger partial charge in [-0.3, -0.25) is 4.79 Å². The van der Waals surface area contributed by atoms with Gasteiger partial charge in [0.25, 0.3) is 5.91 Å². The number of nitrogens with one attached hydrogen (secondary N) is 2. The lowest BCUT2D eigenvalue weighted by Crippen LogP contribution is -2.27. The maximum absolute atomic E-state index is 14.0. The lowest BCUT2D eigenvalue weighted by atomic mass is 10.2. The van der Waals surface area contributed by atoms with E-state index < -0.39 is 26.6 Å². The van der Waals surface area contributed by atoms with E-state index in [-0.39, 0.29) is 11.6 Å². The Morgan fingerprint density at radius 1 is 1.23 bits per heavy atom. The van der Waals surface area contributed by atoms with E-state index in [0.717, 1.165) is 25.0 Å². The highest BCUT2D eigenvalue weighted by molar-refractivity contribution is 7.89. The van der Waals surface area contributed by atoms with Gasteiger partial charge in [-0.1, -0.05) is 11.6 Å². The normalized spacial score (nSPS) is 14.1. The van der Waals surface area contributed by atoms with Gasteiger partial charge >= 0.3 is 0 Å². The van der Waals surface area contributed by atoms with Crippen LogP contribution in [0.25, 0.3) is 0 Å². The third-order valence-corrected chi connectivity index (χ3v) is 5.62. The van der Waals surface area contributed by atoms with Crippen LogP contribution in [0.3, 0.4) is 0 Å². The van der Waals surface area contributed by atoms with Gasteiger partial charge in [0.1, 0.15) is 16.5 Å². The van der Waals surface area contributed by atoms with Crippen molar-refractivity contribution in [3.63, 3.8) is 0 Å². The maximum Gasteiger partial charge on any atom is 0.255 e. The van der Waals surface area contributed by atoms with E-state index >= 15 is 0 Å². The number of hydrogen-bond donors (Lipinski definition) is 2. The van der Waals surface area contributed by atoms with Crippen LogP contribution in [-0.4, -0.2) is 27.5 Å². The molecule has 6 nitrogen and oxygen atoms in total. The molecule has 0 aromatic heterocycles. The molecular weight excluding hydrogens is 383 g/mol. The van der Waals surface area contributed by atoms with Gasteiger partial charge < -0.3 is 10.1 Å². The number of sulfonamides is 1. The SMILES string of the molecule is COc1ccc(NC(=O)c2ccc(F)c(S(=O)(=O)NC3CC3)c2)cc1Cl. The molecule has 26 heavy (non-hydrogen) atoms. The minimum absolute atomic E-state index is 0.00881. The van der Waals surface area contributed by atoms with Crippen LogP contribution in [0.5, 0.6) is 5.75 Å². The minimum atomic E-state index is -4.01. The molecule has 1 aliphatic rings. The number of hydrogen-bond acceptors (Lipinski definition) is 4. The van der Waals surface area contributed by atoms with E-state index in [1.165, 1.54) is 19.2 Å². The molecule has 0 aliphatic heterocycles. The van der Waals surface area contributed by atoms with E-state index in [1.54, 1.807) is 12.1 Å². The molecule has 2 aromatic carbocycles. The number of carbonyl (C=O) groups is 1. The van der Waals surface area contributed by atoms with Gasteiger partial charge in [0.2, 0.25) is 10.0 Å². The third-order valence-electron chi connectivity index (χ3n) is 3.79. The van der Waals surface area contributed by atoms with E-state index in [4.69, 9.17) is 16.3 Å². The molecule has 0 saturated heterocycles. The summed E-state index contributed by atoms with van der Waals surface area (Å²) in [4.78, 5) is 11.8. The topological polar surface area (TPSA) is 84.5 Å².